The molecule has 1 aromatic rings. The van der Waals surface area contributed by atoms with Gasteiger partial charge in [0.25, 0.3) is 0 Å². The molecule has 0 spiro atoms. The van der Waals surface area contributed by atoms with Crippen LogP contribution in [-0.4, -0.2) is 18.7 Å². The molecule has 144 valence electrons. The quantitative estimate of drug-likeness (QED) is 0.637. The first-order chi connectivity index (χ1) is 12.5. The minimum Gasteiger partial charge on any atom is -0.493 e. The topological polar surface area (TPSA) is 47.6 Å². The lowest BCUT2D eigenvalue weighted by atomic mass is 9.96. The molecule has 0 aromatic heterocycles. The number of ether oxygens (including phenoxy) is 2. The van der Waals surface area contributed by atoms with Crippen LogP contribution in [0.1, 0.15) is 70.4 Å². The van der Waals surface area contributed by atoms with Gasteiger partial charge in [0.2, 0.25) is 0 Å². The molecule has 0 unspecified atom stereocenters. The Labute approximate surface area is 158 Å². The first kappa shape index (κ1) is 20.3. The maximum absolute atomic E-state index is 12.0. The fourth-order valence-corrected chi connectivity index (χ4v) is 3.06. The lowest BCUT2D eigenvalue weighted by Gasteiger charge is -2.22. The van der Waals surface area contributed by atoms with Crippen LogP contribution in [0.5, 0.6) is 5.75 Å². The molecule has 0 atom stereocenters. The number of amides is 1. The predicted octanol–water partition coefficient (Wildman–Crippen LogP) is 5.68. The van der Waals surface area contributed by atoms with Gasteiger partial charge in [0.15, 0.2) is 0 Å². The fourth-order valence-electron chi connectivity index (χ4n) is 3.06. The predicted molar refractivity (Wildman–Crippen MR) is 106 cm³/mol. The minimum absolute atomic E-state index is 0.269. The summed E-state index contributed by atoms with van der Waals surface area (Å²) in [6.07, 6.45) is 6.37. The van der Waals surface area contributed by atoms with Crippen LogP contribution < -0.4 is 10.1 Å². The molecule has 0 bridgehead atoms. The third-order valence-corrected chi connectivity index (χ3v) is 5.21. The maximum Gasteiger partial charge on any atom is 0.407 e. The van der Waals surface area contributed by atoms with E-state index >= 15 is 0 Å². The Morgan fingerprint density at radius 3 is 2.58 bits per heavy atom. The summed E-state index contributed by atoms with van der Waals surface area (Å²) >= 11 is 0. The highest BCUT2D eigenvalue weighted by molar-refractivity contribution is 5.67. The Kier molecular flexibility index (Phi) is 8.02. The molecule has 0 heterocycles. The van der Waals surface area contributed by atoms with Gasteiger partial charge in [0, 0.05) is 12.5 Å². The molecule has 0 aliphatic heterocycles. The second kappa shape index (κ2) is 10.2. The van der Waals surface area contributed by atoms with Crippen molar-refractivity contribution in [2.45, 2.75) is 78.9 Å². The van der Waals surface area contributed by atoms with Crippen LogP contribution in [0.15, 0.2) is 29.3 Å². The monoisotopic (exact) mass is 359 g/mol. The molecule has 1 N–H and O–H groups in total. The van der Waals surface area contributed by atoms with E-state index in [-0.39, 0.29) is 18.7 Å². The Hall–Kier alpha value is -1.97. The van der Waals surface area contributed by atoms with E-state index in [4.69, 9.17) is 9.47 Å². The lowest BCUT2D eigenvalue weighted by Crippen LogP contribution is -2.36. The van der Waals surface area contributed by atoms with Crippen molar-refractivity contribution in [2.24, 2.45) is 0 Å². The Bertz CT molecular complexity index is 626. The van der Waals surface area contributed by atoms with Gasteiger partial charge in [0.05, 0.1) is 6.61 Å². The Morgan fingerprint density at radius 1 is 1.15 bits per heavy atom. The second-order valence-corrected chi connectivity index (χ2v) is 7.52. The van der Waals surface area contributed by atoms with E-state index in [0.29, 0.717) is 6.61 Å². The standard InChI is InChI=1S/C22H33NO3/c1-16(2)17(3)12-13-25-21-11-10-18(4)19(14-21)15-26-22(24)23-20-8-6-5-7-9-20/h10-11,14,20H,5-9,12-13,15H2,1-4H3,(H,23,24). The molecule has 1 fully saturated rings. The maximum atomic E-state index is 12.0. The zero-order valence-corrected chi connectivity index (χ0v) is 16.7. The molecular weight excluding hydrogens is 326 g/mol. The van der Waals surface area contributed by atoms with Gasteiger partial charge < -0.3 is 14.8 Å². The van der Waals surface area contributed by atoms with Gasteiger partial charge in [-0.3, -0.25) is 0 Å². The smallest absolute Gasteiger partial charge is 0.407 e. The molecule has 26 heavy (non-hydrogen) atoms. The van der Waals surface area contributed by atoms with E-state index in [0.717, 1.165) is 36.1 Å². The SMILES string of the molecule is CC(C)=C(C)CCOc1ccc(C)c(COC(=O)NC2CCCCC2)c1. The van der Waals surface area contributed by atoms with Crippen molar-refractivity contribution in [1.29, 1.82) is 0 Å². The zero-order valence-electron chi connectivity index (χ0n) is 16.7. The molecule has 1 aliphatic carbocycles. The van der Waals surface area contributed by atoms with Crippen molar-refractivity contribution < 1.29 is 14.3 Å². The van der Waals surface area contributed by atoms with Gasteiger partial charge >= 0.3 is 6.09 Å². The number of carbonyl (C=O) groups excluding carboxylic acids is 1. The molecule has 2 rings (SSSR count). The van der Waals surface area contributed by atoms with Crippen LogP contribution in [0.25, 0.3) is 0 Å². The molecule has 1 aromatic carbocycles. The summed E-state index contributed by atoms with van der Waals surface area (Å²) in [7, 11) is 0. The fraction of sp³-hybridized carbons (Fsp3) is 0.591. The number of hydrogen-bond donors (Lipinski definition) is 1. The Morgan fingerprint density at radius 2 is 1.88 bits per heavy atom. The van der Waals surface area contributed by atoms with Gasteiger partial charge in [-0.2, -0.15) is 0 Å². The summed E-state index contributed by atoms with van der Waals surface area (Å²) in [5, 5.41) is 2.98. The van der Waals surface area contributed by atoms with Gasteiger partial charge in [-0.15, -0.1) is 0 Å². The highest BCUT2D eigenvalue weighted by atomic mass is 16.5. The largest absolute Gasteiger partial charge is 0.493 e. The summed E-state index contributed by atoms with van der Waals surface area (Å²) in [4.78, 5) is 12.0. The van der Waals surface area contributed by atoms with Gasteiger partial charge in [-0.25, -0.2) is 4.79 Å². The second-order valence-electron chi connectivity index (χ2n) is 7.52. The van der Waals surface area contributed by atoms with Crippen molar-refractivity contribution in [2.75, 3.05) is 6.61 Å². The summed E-state index contributed by atoms with van der Waals surface area (Å²) in [5.74, 6) is 0.823. The Balaban J connectivity index is 1.82. The number of alkyl carbamates (subject to hydrolysis) is 1. The van der Waals surface area contributed by atoms with Gasteiger partial charge in [0.1, 0.15) is 12.4 Å². The van der Waals surface area contributed by atoms with E-state index in [1.165, 1.54) is 30.4 Å². The molecule has 1 aliphatic rings. The summed E-state index contributed by atoms with van der Waals surface area (Å²) in [5.41, 5.74) is 4.79. The van der Waals surface area contributed by atoms with Crippen LogP contribution in [0, 0.1) is 6.92 Å². The molecule has 1 amide bonds. The van der Waals surface area contributed by atoms with Crippen LogP contribution in [-0.2, 0) is 11.3 Å². The molecule has 0 radical (unpaired) electrons. The number of benzene rings is 1. The third-order valence-electron chi connectivity index (χ3n) is 5.21. The van der Waals surface area contributed by atoms with Crippen LogP contribution >= 0.6 is 0 Å². The molecular formula is C22H33NO3. The van der Waals surface area contributed by atoms with Crippen molar-refractivity contribution in [3.63, 3.8) is 0 Å². The van der Waals surface area contributed by atoms with E-state index < -0.39 is 0 Å². The average Bonchev–Trinajstić information content (AvgIpc) is 2.62. The van der Waals surface area contributed by atoms with E-state index in [9.17, 15) is 4.79 Å². The van der Waals surface area contributed by atoms with Crippen molar-refractivity contribution >= 4 is 6.09 Å². The summed E-state index contributed by atoms with van der Waals surface area (Å²) in [6, 6.07) is 6.23. The van der Waals surface area contributed by atoms with Crippen molar-refractivity contribution in [3.8, 4) is 5.75 Å². The molecule has 4 nitrogen and oxygen atoms in total. The van der Waals surface area contributed by atoms with Crippen LogP contribution in [0.2, 0.25) is 0 Å². The molecule has 1 saturated carbocycles. The number of allylic oxidation sites excluding steroid dienone is 1. The van der Waals surface area contributed by atoms with Gasteiger partial charge in [-0.05, 0) is 63.8 Å². The number of hydrogen-bond acceptors (Lipinski definition) is 3. The number of nitrogens with one attached hydrogen (secondary N) is 1. The third kappa shape index (κ3) is 6.74. The normalized spacial score (nSPS) is 14.6. The van der Waals surface area contributed by atoms with Gasteiger partial charge in [-0.1, -0.05) is 36.5 Å². The van der Waals surface area contributed by atoms with E-state index in [1.54, 1.807) is 0 Å². The van der Waals surface area contributed by atoms with Crippen LogP contribution in [0.3, 0.4) is 0 Å². The van der Waals surface area contributed by atoms with Crippen molar-refractivity contribution in [1.82, 2.24) is 5.32 Å². The average molecular weight is 360 g/mol. The number of aryl methyl sites for hydroxylation is 1. The summed E-state index contributed by atoms with van der Waals surface area (Å²) in [6.45, 7) is 9.33. The van der Waals surface area contributed by atoms with Crippen LogP contribution in [0.4, 0.5) is 4.79 Å². The first-order valence-corrected chi connectivity index (χ1v) is 9.74. The highest BCUT2D eigenvalue weighted by Crippen LogP contribution is 2.20. The van der Waals surface area contributed by atoms with E-state index in [1.807, 2.05) is 25.1 Å². The highest BCUT2D eigenvalue weighted by Gasteiger charge is 2.16. The number of carbonyl (C=O) groups is 1. The molecule has 0 saturated heterocycles. The number of rotatable bonds is 7. The van der Waals surface area contributed by atoms with Crippen molar-refractivity contribution in [3.05, 3.63) is 40.5 Å². The molecule has 4 heteroatoms. The lowest BCUT2D eigenvalue weighted by molar-refractivity contribution is 0.132. The summed E-state index contributed by atoms with van der Waals surface area (Å²) < 4.78 is 11.3. The van der Waals surface area contributed by atoms with E-state index in [2.05, 4.69) is 26.1 Å². The minimum atomic E-state index is -0.318. The zero-order chi connectivity index (χ0) is 18.9. The first-order valence-electron chi connectivity index (χ1n) is 9.74.